The summed E-state index contributed by atoms with van der Waals surface area (Å²) in [5.74, 6) is 1.56. The number of hydrogen-bond acceptors (Lipinski definition) is 6. The number of rotatable bonds is 6. The molecular formula is C20H26N4O3. The fourth-order valence-corrected chi connectivity index (χ4v) is 4.32. The summed E-state index contributed by atoms with van der Waals surface area (Å²) in [5.41, 5.74) is 1.27. The first-order valence-electron chi connectivity index (χ1n) is 9.51. The first-order chi connectivity index (χ1) is 13.1. The predicted molar refractivity (Wildman–Crippen MR) is 99.0 cm³/mol. The van der Waals surface area contributed by atoms with Crippen molar-refractivity contribution in [1.29, 1.82) is 0 Å². The zero-order valence-electron chi connectivity index (χ0n) is 15.9. The fraction of sp³-hybridized carbons (Fsp3) is 0.550. The number of aromatic nitrogens is 2. The third-order valence-electron chi connectivity index (χ3n) is 5.60. The van der Waals surface area contributed by atoms with Crippen molar-refractivity contribution in [3.8, 4) is 0 Å². The van der Waals surface area contributed by atoms with E-state index in [1.165, 1.54) is 5.56 Å². The van der Waals surface area contributed by atoms with E-state index < -0.39 is 0 Å². The van der Waals surface area contributed by atoms with Crippen LogP contribution in [0, 0.1) is 12.3 Å². The van der Waals surface area contributed by atoms with Crippen LogP contribution in [0.5, 0.6) is 0 Å². The van der Waals surface area contributed by atoms with Crippen LogP contribution in [0.15, 0.2) is 34.9 Å². The van der Waals surface area contributed by atoms with Gasteiger partial charge in [-0.15, -0.1) is 0 Å². The van der Waals surface area contributed by atoms with E-state index in [2.05, 4.69) is 39.3 Å². The molecule has 0 N–H and O–H groups in total. The van der Waals surface area contributed by atoms with Crippen molar-refractivity contribution >= 4 is 5.91 Å². The molecule has 3 heterocycles. The fourth-order valence-electron chi connectivity index (χ4n) is 4.32. The van der Waals surface area contributed by atoms with Crippen molar-refractivity contribution in [3.05, 3.63) is 47.6 Å². The molecule has 7 heteroatoms. The van der Waals surface area contributed by atoms with Crippen molar-refractivity contribution in [2.24, 2.45) is 5.41 Å². The Morgan fingerprint density at radius 3 is 2.74 bits per heavy atom. The van der Waals surface area contributed by atoms with Crippen LogP contribution in [-0.2, 0) is 16.1 Å². The van der Waals surface area contributed by atoms with Crippen LogP contribution >= 0.6 is 0 Å². The number of likely N-dealkylation sites (tertiary alicyclic amines) is 2. The molecule has 1 aromatic carbocycles. The Bertz CT molecular complexity index is 786. The Labute approximate surface area is 159 Å². The van der Waals surface area contributed by atoms with Crippen LogP contribution in [0.2, 0.25) is 0 Å². The third-order valence-corrected chi connectivity index (χ3v) is 5.60. The van der Waals surface area contributed by atoms with Gasteiger partial charge < -0.3 is 14.2 Å². The lowest BCUT2D eigenvalue weighted by molar-refractivity contribution is -0.148. The number of carbonyl (C=O) groups excluding carboxylic acids is 1. The van der Waals surface area contributed by atoms with Gasteiger partial charge in [-0.2, -0.15) is 4.98 Å². The largest absolute Gasteiger partial charge is 0.372 e. The molecule has 1 aromatic heterocycles. The van der Waals surface area contributed by atoms with Gasteiger partial charge in [-0.3, -0.25) is 9.69 Å². The number of nitrogens with zero attached hydrogens (tertiary/aromatic N) is 4. The van der Waals surface area contributed by atoms with Gasteiger partial charge in [-0.1, -0.05) is 35.5 Å². The molecule has 4 rings (SSSR count). The maximum absolute atomic E-state index is 12.3. The Morgan fingerprint density at radius 2 is 2.07 bits per heavy atom. The Kier molecular flexibility index (Phi) is 4.97. The van der Waals surface area contributed by atoms with E-state index in [1.807, 2.05) is 24.8 Å². The highest BCUT2D eigenvalue weighted by molar-refractivity contribution is 5.78. The van der Waals surface area contributed by atoms with Crippen LogP contribution in [0.4, 0.5) is 0 Å². The van der Waals surface area contributed by atoms with E-state index in [0.29, 0.717) is 18.3 Å². The molecule has 2 fully saturated rings. The highest BCUT2D eigenvalue weighted by Gasteiger charge is 2.57. The summed E-state index contributed by atoms with van der Waals surface area (Å²) in [6.45, 7) is 8.57. The first kappa shape index (κ1) is 18.1. The molecule has 0 saturated carbocycles. The maximum atomic E-state index is 12.3. The zero-order valence-corrected chi connectivity index (χ0v) is 15.9. The van der Waals surface area contributed by atoms with Gasteiger partial charge in [0.05, 0.1) is 5.92 Å². The minimum atomic E-state index is -0.0182. The van der Waals surface area contributed by atoms with Gasteiger partial charge in [0, 0.05) is 44.7 Å². The summed E-state index contributed by atoms with van der Waals surface area (Å²) < 4.78 is 10.8. The van der Waals surface area contributed by atoms with Gasteiger partial charge in [0.1, 0.15) is 6.61 Å². The van der Waals surface area contributed by atoms with E-state index in [9.17, 15) is 4.79 Å². The molecule has 2 aliphatic rings. The van der Waals surface area contributed by atoms with Crippen molar-refractivity contribution < 1.29 is 14.1 Å². The molecule has 144 valence electrons. The number of carbonyl (C=O) groups is 1. The highest BCUT2D eigenvalue weighted by atomic mass is 16.5. The third kappa shape index (κ3) is 3.61. The summed E-state index contributed by atoms with van der Waals surface area (Å²) in [6.07, 6.45) is 0. The average molecular weight is 370 g/mol. The van der Waals surface area contributed by atoms with Crippen LogP contribution < -0.4 is 0 Å². The Morgan fingerprint density at radius 1 is 1.30 bits per heavy atom. The van der Waals surface area contributed by atoms with E-state index in [1.54, 1.807) is 0 Å². The van der Waals surface area contributed by atoms with Gasteiger partial charge in [0.25, 0.3) is 0 Å². The normalized spacial score (nSPS) is 21.6. The summed E-state index contributed by atoms with van der Waals surface area (Å²) in [5, 5.41) is 3.98. The van der Waals surface area contributed by atoms with Crippen LogP contribution in [0.1, 0.15) is 30.1 Å². The molecular weight excluding hydrogens is 344 g/mol. The maximum Gasteiger partial charge on any atom is 0.248 e. The molecule has 1 amide bonds. The van der Waals surface area contributed by atoms with Gasteiger partial charge in [0.2, 0.25) is 11.8 Å². The predicted octanol–water partition coefficient (Wildman–Crippen LogP) is 1.84. The molecule has 7 nitrogen and oxygen atoms in total. The van der Waals surface area contributed by atoms with Crippen molar-refractivity contribution in [3.63, 3.8) is 0 Å². The lowest BCUT2D eigenvalue weighted by Crippen LogP contribution is -2.62. The SMILES string of the molecule is CCOCC(=O)N1CC2(CN(Cc3ccccc3)CC2c2nc(C)no2)C1. The lowest BCUT2D eigenvalue weighted by atomic mass is 9.71. The van der Waals surface area contributed by atoms with E-state index >= 15 is 0 Å². The number of benzene rings is 1. The molecule has 1 spiro atoms. The first-order valence-corrected chi connectivity index (χ1v) is 9.51. The summed E-state index contributed by atoms with van der Waals surface area (Å²) >= 11 is 0. The lowest BCUT2D eigenvalue weighted by Gasteiger charge is -2.50. The molecule has 27 heavy (non-hydrogen) atoms. The standard InChI is InChI=1S/C20H26N4O3/c1-3-26-11-18(25)24-13-20(14-24)12-23(9-16-7-5-4-6-8-16)10-17(20)19-21-15(2)22-27-19/h4-8,17H,3,9-14H2,1-2H3. The Balaban J connectivity index is 1.49. The van der Waals surface area contributed by atoms with Crippen molar-refractivity contribution in [2.45, 2.75) is 26.3 Å². The number of amides is 1. The zero-order chi connectivity index (χ0) is 18.9. The molecule has 0 aliphatic carbocycles. The highest BCUT2D eigenvalue weighted by Crippen LogP contribution is 2.49. The summed E-state index contributed by atoms with van der Waals surface area (Å²) in [4.78, 5) is 21.1. The number of hydrogen-bond donors (Lipinski definition) is 0. The molecule has 2 aliphatic heterocycles. The summed E-state index contributed by atoms with van der Waals surface area (Å²) in [7, 11) is 0. The van der Waals surface area contributed by atoms with Crippen LogP contribution in [0.3, 0.4) is 0 Å². The number of ether oxygens (including phenoxy) is 1. The minimum absolute atomic E-state index is 0.0182. The second-order valence-corrected chi connectivity index (χ2v) is 7.64. The molecule has 2 saturated heterocycles. The van der Waals surface area contributed by atoms with E-state index in [-0.39, 0.29) is 23.8 Å². The number of aryl methyl sites for hydroxylation is 1. The topological polar surface area (TPSA) is 71.7 Å². The van der Waals surface area contributed by atoms with E-state index in [4.69, 9.17) is 9.26 Å². The minimum Gasteiger partial charge on any atom is -0.372 e. The molecule has 2 aromatic rings. The van der Waals surface area contributed by atoms with Gasteiger partial charge >= 0.3 is 0 Å². The second kappa shape index (κ2) is 7.40. The molecule has 0 bridgehead atoms. The molecule has 0 radical (unpaired) electrons. The average Bonchev–Trinajstić information content (AvgIpc) is 3.23. The van der Waals surface area contributed by atoms with E-state index in [0.717, 1.165) is 32.7 Å². The van der Waals surface area contributed by atoms with Crippen LogP contribution in [-0.4, -0.2) is 65.2 Å². The van der Waals surface area contributed by atoms with Crippen LogP contribution in [0.25, 0.3) is 0 Å². The molecule has 1 atom stereocenters. The Hall–Kier alpha value is -2.25. The van der Waals surface area contributed by atoms with Gasteiger partial charge in [0.15, 0.2) is 5.82 Å². The second-order valence-electron chi connectivity index (χ2n) is 7.64. The molecule has 1 unspecified atom stereocenters. The quantitative estimate of drug-likeness (QED) is 0.773. The monoisotopic (exact) mass is 370 g/mol. The van der Waals surface area contributed by atoms with Crippen molar-refractivity contribution in [1.82, 2.24) is 19.9 Å². The summed E-state index contributed by atoms with van der Waals surface area (Å²) in [6, 6.07) is 10.5. The van der Waals surface area contributed by atoms with Gasteiger partial charge in [-0.05, 0) is 19.4 Å². The van der Waals surface area contributed by atoms with Crippen molar-refractivity contribution in [2.75, 3.05) is 39.4 Å². The van der Waals surface area contributed by atoms with Gasteiger partial charge in [-0.25, -0.2) is 0 Å². The smallest absolute Gasteiger partial charge is 0.248 e.